The zero-order valence-electron chi connectivity index (χ0n) is 15.7. The molecule has 1 fully saturated rings. The quantitative estimate of drug-likeness (QED) is 0.687. The number of nitrogens with zero attached hydrogens (tertiary/aromatic N) is 1. The highest BCUT2D eigenvalue weighted by molar-refractivity contribution is 5.81. The second-order valence-electron chi connectivity index (χ2n) is 6.98. The number of furan rings is 1. The maximum absolute atomic E-state index is 11.9. The molecule has 1 aliphatic heterocycles. The number of para-hydroxylation sites is 1. The van der Waals surface area contributed by atoms with Crippen LogP contribution in [-0.4, -0.2) is 51.9 Å². The van der Waals surface area contributed by atoms with Crippen LogP contribution in [0.4, 0.5) is 0 Å². The molecule has 3 rings (SSSR count). The van der Waals surface area contributed by atoms with Gasteiger partial charge in [-0.25, -0.2) is 0 Å². The first-order valence-electron chi connectivity index (χ1n) is 9.08. The Morgan fingerprint density at radius 3 is 2.67 bits per heavy atom. The van der Waals surface area contributed by atoms with Crippen LogP contribution in [0.3, 0.4) is 0 Å². The van der Waals surface area contributed by atoms with Gasteiger partial charge >= 0.3 is 5.97 Å². The highest BCUT2D eigenvalue weighted by Gasteiger charge is 2.48. The number of carbonyl (C=O) groups is 2. The van der Waals surface area contributed by atoms with Gasteiger partial charge in [0.15, 0.2) is 0 Å². The maximum atomic E-state index is 11.9. The average Bonchev–Trinajstić information content (AvgIpc) is 2.95. The van der Waals surface area contributed by atoms with Crippen LogP contribution in [0.5, 0.6) is 0 Å². The summed E-state index contributed by atoms with van der Waals surface area (Å²) < 4.78 is 5.97. The molecule has 7 nitrogen and oxygen atoms in total. The lowest BCUT2D eigenvalue weighted by atomic mass is 9.74. The summed E-state index contributed by atoms with van der Waals surface area (Å²) in [5, 5.41) is 28.1. The first-order chi connectivity index (χ1) is 12.9. The van der Waals surface area contributed by atoms with Crippen LogP contribution in [-0.2, 0) is 16.1 Å². The summed E-state index contributed by atoms with van der Waals surface area (Å²) in [5.41, 5.74) is 0.889. The van der Waals surface area contributed by atoms with Crippen LogP contribution in [0.25, 0.3) is 11.0 Å². The van der Waals surface area contributed by atoms with Crippen LogP contribution >= 0.6 is 0 Å². The third-order valence-corrected chi connectivity index (χ3v) is 5.29. The van der Waals surface area contributed by atoms with Crippen LogP contribution in [0.15, 0.2) is 28.7 Å². The highest BCUT2D eigenvalue weighted by Crippen LogP contribution is 2.37. The van der Waals surface area contributed by atoms with Gasteiger partial charge in [-0.15, -0.1) is 0 Å². The lowest BCUT2D eigenvalue weighted by molar-refractivity contribution is -0.164. The molecule has 0 radical (unpaired) electrons. The van der Waals surface area contributed by atoms with Crippen molar-refractivity contribution in [1.29, 1.82) is 0 Å². The van der Waals surface area contributed by atoms with E-state index in [0.717, 1.165) is 28.7 Å². The maximum Gasteiger partial charge on any atom is 0.313 e. The Kier molecular flexibility index (Phi) is 6.98. The zero-order valence-corrected chi connectivity index (χ0v) is 15.7. The molecular weight excluding hydrogens is 350 g/mol. The van der Waals surface area contributed by atoms with Gasteiger partial charge in [-0.3, -0.25) is 14.5 Å². The van der Waals surface area contributed by atoms with E-state index in [1.165, 1.54) is 0 Å². The van der Waals surface area contributed by atoms with Gasteiger partial charge in [0.05, 0.1) is 12.6 Å². The van der Waals surface area contributed by atoms with Crippen molar-refractivity contribution in [2.45, 2.75) is 45.8 Å². The number of aliphatic hydroxyl groups is 1. The molecule has 0 aliphatic carbocycles. The minimum atomic E-state index is -1.08. The summed E-state index contributed by atoms with van der Waals surface area (Å²) in [7, 11) is 0. The molecule has 7 heteroatoms. The third kappa shape index (κ3) is 4.31. The summed E-state index contributed by atoms with van der Waals surface area (Å²) in [4.78, 5) is 22.3. The number of fused-ring (bicyclic) bond motifs is 1. The number of aliphatic hydroxyl groups excluding tert-OH is 1. The second kappa shape index (κ2) is 9.01. The Labute approximate surface area is 158 Å². The first kappa shape index (κ1) is 20.9. The molecule has 27 heavy (non-hydrogen) atoms. The molecule has 1 aromatic heterocycles. The predicted octanol–water partition coefficient (Wildman–Crippen LogP) is 2.88. The minimum absolute atomic E-state index is 0.250. The van der Waals surface area contributed by atoms with Crippen molar-refractivity contribution >= 4 is 23.4 Å². The van der Waals surface area contributed by atoms with Gasteiger partial charge in [-0.2, -0.15) is 0 Å². The van der Waals surface area contributed by atoms with Crippen LogP contribution < -0.4 is 0 Å². The van der Waals surface area contributed by atoms with Crippen molar-refractivity contribution < 1.29 is 29.3 Å². The number of aryl methyl sites for hydroxylation is 1. The number of piperidine rings is 1. The van der Waals surface area contributed by atoms with Crippen molar-refractivity contribution in [3.63, 3.8) is 0 Å². The van der Waals surface area contributed by atoms with E-state index in [4.69, 9.17) is 14.3 Å². The fraction of sp³-hybridized carbons (Fsp3) is 0.500. The topological polar surface area (TPSA) is 111 Å². The number of aliphatic carboxylic acids is 1. The molecule has 1 saturated heterocycles. The fourth-order valence-electron chi connectivity index (χ4n) is 3.89. The molecule has 148 valence electrons. The number of carboxylic acid groups (broad SMARTS) is 2. The smallest absolute Gasteiger partial charge is 0.313 e. The van der Waals surface area contributed by atoms with Gasteiger partial charge in [0.2, 0.25) is 0 Å². The Bertz CT molecular complexity index is 786. The van der Waals surface area contributed by atoms with Gasteiger partial charge < -0.3 is 19.7 Å². The van der Waals surface area contributed by atoms with Crippen molar-refractivity contribution in [3.8, 4) is 0 Å². The number of hydrogen-bond acceptors (Lipinski definition) is 5. The van der Waals surface area contributed by atoms with E-state index in [1.54, 1.807) is 0 Å². The van der Waals surface area contributed by atoms with Crippen molar-refractivity contribution in [3.05, 3.63) is 35.6 Å². The Hall–Kier alpha value is -2.38. The van der Waals surface area contributed by atoms with Crippen molar-refractivity contribution in [2.24, 2.45) is 5.41 Å². The highest BCUT2D eigenvalue weighted by atomic mass is 16.4. The summed E-state index contributed by atoms with van der Waals surface area (Å²) in [6.07, 6.45) is 0.911. The lowest BCUT2D eigenvalue weighted by Crippen LogP contribution is -2.55. The van der Waals surface area contributed by atoms with Gasteiger partial charge in [-0.05, 0) is 31.4 Å². The normalized spacial score (nSPS) is 22.9. The minimum Gasteiger partial charge on any atom is -0.483 e. The predicted molar refractivity (Wildman–Crippen MR) is 101 cm³/mol. The molecule has 0 amide bonds. The summed E-state index contributed by atoms with van der Waals surface area (Å²) in [6.45, 7) is 5.35. The van der Waals surface area contributed by atoms with Crippen LogP contribution in [0.2, 0.25) is 0 Å². The Morgan fingerprint density at radius 1 is 1.41 bits per heavy atom. The molecule has 0 saturated carbocycles. The van der Waals surface area contributed by atoms with Gasteiger partial charge in [-0.1, -0.05) is 31.5 Å². The van der Waals surface area contributed by atoms with Crippen LogP contribution in [0, 0.1) is 12.3 Å². The number of carboxylic acids is 1. The number of benzene rings is 1. The van der Waals surface area contributed by atoms with E-state index in [2.05, 4.69) is 4.90 Å². The lowest BCUT2D eigenvalue weighted by Gasteiger charge is -2.43. The summed E-state index contributed by atoms with van der Waals surface area (Å²) >= 11 is 0. The molecule has 0 unspecified atom stereocenters. The van der Waals surface area contributed by atoms with E-state index in [1.807, 2.05) is 38.1 Å². The molecule has 2 aromatic rings. The van der Waals surface area contributed by atoms with E-state index >= 15 is 0 Å². The Balaban J connectivity index is 0.000000817. The third-order valence-electron chi connectivity index (χ3n) is 5.29. The SMILES string of the molecule is CCC[C@@]1(C(=O)O)CN(Cc2oc3ccccc3c2C)CC[C@H]1O.O=CO. The molecule has 0 bridgehead atoms. The van der Waals surface area contributed by atoms with Gasteiger partial charge in [0.1, 0.15) is 16.8 Å². The van der Waals surface area contributed by atoms with Gasteiger partial charge in [0.25, 0.3) is 6.47 Å². The largest absolute Gasteiger partial charge is 0.483 e. The standard InChI is InChI=1S/C19H25NO4.CH2O2/c1-3-9-19(18(22)23)12-20(10-8-17(19)21)11-16-13(2)14-6-4-5-7-15(14)24-16;2-1-3/h4-7,17,21H,3,8-12H2,1-2H3,(H,22,23);1H,(H,2,3)/t17-,19-;/m1./s1. The average molecular weight is 377 g/mol. The fourth-order valence-corrected chi connectivity index (χ4v) is 3.89. The molecule has 3 N–H and O–H groups in total. The molecular formula is C20H27NO6. The molecule has 1 aliphatic rings. The number of likely N-dealkylation sites (tertiary alicyclic amines) is 1. The molecule has 2 heterocycles. The van der Waals surface area contributed by atoms with E-state index in [-0.39, 0.29) is 6.47 Å². The number of hydrogen-bond donors (Lipinski definition) is 3. The van der Waals surface area contributed by atoms with E-state index in [9.17, 15) is 15.0 Å². The summed E-state index contributed by atoms with van der Waals surface area (Å²) in [6, 6.07) is 7.92. The van der Waals surface area contributed by atoms with Crippen LogP contribution in [0.1, 0.15) is 37.5 Å². The van der Waals surface area contributed by atoms with Crippen molar-refractivity contribution in [2.75, 3.05) is 13.1 Å². The van der Waals surface area contributed by atoms with Crippen molar-refractivity contribution in [1.82, 2.24) is 4.90 Å². The Morgan fingerprint density at radius 2 is 2.07 bits per heavy atom. The first-order valence-corrected chi connectivity index (χ1v) is 9.08. The molecule has 2 atom stereocenters. The second-order valence-corrected chi connectivity index (χ2v) is 6.98. The molecule has 0 spiro atoms. The molecule has 1 aromatic carbocycles. The van der Waals surface area contributed by atoms with E-state index < -0.39 is 17.5 Å². The number of rotatable bonds is 5. The zero-order chi connectivity index (χ0) is 20.0. The van der Waals surface area contributed by atoms with Gasteiger partial charge in [0, 0.05) is 18.5 Å². The monoisotopic (exact) mass is 377 g/mol. The van der Waals surface area contributed by atoms with E-state index in [0.29, 0.717) is 32.5 Å². The summed E-state index contributed by atoms with van der Waals surface area (Å²) in [5.74, 6) is -0.0220.